The van der Waals surface area contributed by atoms with Gasteiger partial charge in [0, 0.05) is 32.2 Å². The van der Waals surface area contributed by atoms with Gasteiger partial charge in [-0.05, 0) is 137 Å². The summed E-state index contributed by atoms with van der Waals surface area (Å²) in [5.41, 5.74) is 13.8. The molecule has 0 aromatic heterocycles. The summed E-state index contributed by atoms with van der Waals surface area (Å²) in [4.78, 5) is 102. The van der Waals surface area contributed by atoms with Crippen LogP contribution in [0.15, 0.2) is 251 Å². The molecule has 0 spiro atoms. The Morgan fingerprint density at radius 3 is 1.38 bits per heavy atom. The lowest BCUT2D eigenvalue weighted by atomic mass is 10.0. The van der Waals surface area contributed by atoms with Crippen LogP contribution >= 0.6 is 71.3 Å². The number of cyclic esters (lactones) is 3. The zero-order chi connectivity index (χ0) is 72.6. The zero-order valence-electron chi connectivity index (χ0n) is 54.6. The molecule has 0 unspecified atom stereocenters. The second-order valence-electron chi connectivity index (χ2n) is 22.2. The largest absolute Gasteiger partial charge is 0.507 e. The number of nitrogens with zero attached hydrogens (tertiary/aromatic N) is 4. The third kappa shape index (κ3) is 24.9. The van der Waals surface area contributed by atoms with Crippen molar-refractivity contribution in [3.63, 3.8) is 0 Å². The number of ether oxygens (including phenoxy) is 3. The molecular weight excluding hydrogens is 1530 g/mol. The maximum Gasteiger partial charge on any atom is 0.417 e. The predicted molar refractivity (Wildman–Crippen MR) is 401 cm³/mol. The fraction of sp³-hybridized carbons (Fsp3) is 0.182. The minimum atomic E-state index is -0.672. The van der Waals surface area contributed by atoms with Crippen LogP contribution in [-0.2, 0) is 28.6 Å². The quantitative estimate of drug-likeness (QED) is 0.0215. The molecule has 4 atom stereocenters. The predicted octanol–water partition coefficient (Wildman–Crippen LogP) is 17.7. The SMILES string of the molecule is C[C@@H](CSCC(=O)N1C(=O)OC[C@@H]1c1ccccc1)c1ccc(F)cc1.Cc1cc(Br)ccc1C=Nc1ccccc1.Nc1ccccc1.O=C(CBr)N1C(=O)OC[C@@H]1c1ccccc1.O=C(CSCC(=O)N1C(=O)OC[C@@H]1c1ccccc1)c1ccc(F)cc1.O=Cc1ccc(Br)cc1O. The third-order valence-electron chi connectivity index (χ3n) is 15.0. The molecule has 17 nitrogen and oxygen atoms in total. The number of alkyl halides is 1. The number of phenolic OH excluding ortho intramolecular Hbond substituents is 1. The maximum atomic E-state index is 13.0. The number of thioether (sulfide) groups is 2. The number of anilines is 1. The van der Waals surface area contributed by atoms with Gasteiger partial charge in [0.2, 0.25) is 17.7 Å². The van der Waals surface area contributed by atoms with E-state index in [1.807, 2.05) is 171 Å². The highest BCUT2D eigenvalue weighted by Crippen LogP contribution is 2.32. The highest BCUT2D eigenvalue weighted by Gasteiger charge is 2.41. The molecule has 24 heteroatoms. The van der Waals surface area contributed by atoms with Crippen LogP contribution in [0.5, 0.6) is 5.75 Å². The summed E-state index contributed by atoms with van der Waals surface area (Å²) in [5.74, 6) is -0.680. The molecule has 0 radical (unpaired) electrons. The number of para-hydroxylation sites is 2. The molecule has 0 bridgehead atoms. The number of nitrogen functional groups attached to an aromatic ring is 1. The van der Waals surface area contributed by atoms with Crippen LogP contribution in [-0.4, -0.2) is 122 Å². The van der Waals surface area contributed by atoms with E-state index < -0.39 is 36.0 Å². The van der Waals surface area contributed by atoms with E-state index in [0.29, 0.717) is 23.2 Å². The second-order valence-corrected chi connectivity index (χ2v) is 26.6. The number of nitrogens with two attached hydrogens (primary N) is 1. The Morgan fingerprint density at radius 2 is 0.960 bits per heavy atom. The topological polar surface area (TPSA) is 233 Å². The van der Waals surface area contributed by atoms with Gasteiger partial charge in [0.15, 0.2) is 12.1 Å². The summed E-state index contributed by atoms with van der Waals surface area (Å²) in [5, 5.41) is 9.15. The minimum absolute atomic E-state index is 0.00405. The average Bonchev–Trinajstić information content (AvgIpc) is 1.70. The first-order valence-electron chi connectivity index (χ1n) is 31.2. The van der Waals surface area contributed by atoms with E-state index in [4.69, 9.17) is 25.1 Å². The van der Waals surface area contributed by atoms with Gasteiger partial charge in [0.1, 0.15) is 55.3 Å². The molecule has 9 aromatic rings. The van der Waals surface area contributed by atoms with E-state index in [-0.39, 0.29) is 89.6 Å². The highest BCUT2D eigenvalue weighted by molar-refractivity contribution is 9.10. The number of aliphatic imine (C=N–C) groups is 1. The van der Waals surface area contributed by atoms with Crippen LogP contribution in [0.3, 0.4) is 0 Å². The van der Waals surface area contributed by atoms with E-state index in [2.05, 4.69) is 71.8 Å². The number of aryl methyl sites for hydroxylation is 1. The number of Topliss-reactive ketones (excluding diaryl/α,β-unsaturated/α-hetero) is 1. The lowest BCUT2D eigenvalue weighted by Crippen LogP contribution is -2.35. The molecule has 9 aromatic carbocycles. The van der Waals surface area contributed by atoms with Crippen LogP contribution in [0.25, 0.3) is 0 Å². The van der Waals surface area contributed by atoms with Crippen molar-refractivity contribution in [2.24, 2.45) is 4.99 Å². The van der Waals surface area contributed by atoms with Crippen molar-refractivity contribution in [1.29, 1.82) is 0 Å². The maximum absolute atomic E-state index is 13.0. The normalized spacial score (nSPS) is 15.2. The summed E-state index contributed by atoms with van der Waals surface area (Å²) in [6, 6.07) is 68.8. The van der Waals surface area contributed by atoms with E-state index in [0.717, 1.165) is 69.7 Å². The number of carbonyl (C=O) groups is 8. The molecule has 101 heavy (non-hydrogen) atoms. The Balaban J connectivity index is 0.000000178. The first-order valence-corrected chi connectivity index (χ1v) is 36.2. The average molecular weight is 1600 g/mol. The number of hydrogen-bond acceptors (Lipinski definition) is 16. The van der Waals surface area contributed by atoms with E-state index in [1.165, 1.54) is 64.7 Å². The number of aromatic hydroxyl groups is 1. The molecule has 3 fully saturated rings. The monoisotopic (exact) mass is 1600 g/mol. The van der Waals surface area contributed by atoms with E-state index in [1.54, 1.807) is 24.3 Å². The number of rotatable bonds is 17. The minimum Gasteiger partial charge on any atom is -0.507 e. The number of imide groups is 3. The third-order valence-corrected chi connectivity index (χ3v) is 18.6. The Morgan fingerprint density at radius 1 is 0.554 bits per heavy atom. The van der Waals surface area contributed by atoms with Crippen LogP contribution in [0.1, 0.15) is 85.1 Å². The van der Waals surface area contributed by atoms with Gasteiger partial charge < -0.3 is 25.1 Å². The summed E-state index contributed by atoms with van der Waals surface area (Å²) < 4.78 is 42.7. The number of aldehydes is 1. The van der Waals surface area contributed by atoms with Gasteiger partial charge in [-0.2, -0.15) is 11.8 Å². The number of halogens is 5. The van der Waals surface area contributed by atoms with Gasteiger partial charge in [0.25, 0.3) is 0 Å². The number of ketones is 1. The molecule has 3 aliphatic heterocycles. The lowest BCUT2D eigenvalue weighted by molar-refractivity contribution is -0.127. The fourth-order valence-electron chi connectivity index (χ4n) is 9.73. The van der Waals surface area contributed by atoms with E-state index >= 15 is 0 Å². The molecular formula is C77H70Br3F2N5O12S2. The van der Waals surface area contributed by atoms with Gasteiger partial charge in [-0.25, -0.2) is 37.9 Å². The smallest absolute Gasteiger partial charge is 0.417 e. The van der Waals surface area contributed by atoms with Crippen molar-refractivity contribution in [3.05, 3.63) is 302 Å². The van der Waals surface area contributed by atoms with Crippen molar-refractivity contribution >= 4 is 137 Å². The molecule has 3 N–H and O–H groups in total. The fourth-order valence-corrected chi connectivity index (χ4v) is 12.6. The summed E-state index contributed by atoms with van der Waals surface area (Å²) in [7, 11) is 0. The molecule has 3 saturated heterocycles. The Bertz CT molecular complexity index is 4220. The molecule has 522 valence electrons. The molecule has 3 aliphatic rings. The van der Waals surface area contributed by atoms with E-state index in [9.17, 15) is 47.1 Å². The zero-order valence-corrected chi connectivity index (χ0v) is 61.0. The Kier molecular flexibility index (Phi) is 32.1. The van der Waals surface area contributed by atoms with Crippen molar-refractivity contribution < 1.29 is 66.5 Å². The Labute approximate surface area is 617 Å². The Hall–Kier alpha value is -9.59. The van der Waals surface area contributed by atoms with Crippen molar-refractivity contribution in [3.8, 4) is 5.75 Å². The highest BCUT2D eigenvalue weighted by atomic mass is 79.9. The number of hydrogen-bond donors (Lipinski definition) is 2. The van der Waals surface area contributed by atoms with Gasteiger partial charge in [-0.1, -0.05) is 200 Å². The van der Waals surface area contributed by atoms with Gasteiger partial charge in [0.05, 0.1) is 33.8 Å². The summed E-state index contributed by atoms with van der Waals surface area (Å²) >= 11 is 12.2. The second kappa shape index (κ2) is 41.2. The van der Waals surface area contributed by atoms with Crippen LogP contribution in [0.4, 0.5) is 34.5 Å². The van der Waals surface area contributed by atoms with Gasteiger partial charge >= 0.3 is 18.3 Å². The molecule has 0 saturated carbocycles. The van der Waals surface area contributed by atoms with Crippen molar-refractivity contribution in [2.75, 3.05) is 53.9 Å². The van der Waals surface area contributed by atoms with Gasteiger partial charge in [-0.15, -0.1) is 11.8 Å². The number of benzene rings is 9. The van der Waals surface area contributed by atoms with Crippen LogP contribution in [0, 0.1) is 18.6 Å². The first kappa shape index (κ1) is 78.7. The lowest BCUT2D eigenvalue weighted by Gasteiger charge is -2.20. The van der Waals surface area contributed by atoms with Crippen LogP contribution < -0.4 is 5.73 Å². The summed E-state index contributed by atoms with van der Waals surface area (Å²) in [6.07, 6.45) is 0.683. The van der Waals surface area contributed by atoms with Gasteiger partial charge in [-0.3, -0.25) is 29.0 Å². The molecule has 3 heterocycles. The van der Waals surface area contributed by atoms with Crippen molar-refractivity contribution in [2.45, 2.75) is 37.9 Å². The molecule has 0 aliphatic carbocycles. The first-order chi connectivity index (χ1) is 48.7. The summed E-state index contributed by atoms with van der Waals surface area (Å²) in [6.45, 7) is 4.64. The standard InChI is InChI=1S/C20H20FNO3S.C19H16FNO4S.C14H12BrN.C11H10BrNO3.C7H5BrO2.C6H7N/c1-14(15-7-9-17(21)10-8-15)12-26-13-19(23)22-18(11-25-20(22)24)16-5-3-2-4-6-16;20-15-8-6-14(7-9-15)17(22)11-26-12-18(23)21-16(10-25-19(21)24)13-4-2-1-3-5-13;1-11-9-13(15)8-7-12(11)10-16-14-5-3-2-4-6-14;12-6-10(14)13-9(7-16-11(13)15)8-4-2-1-3-5-8;8-6-2-1-5(4-9)7(10)3-6;7-6-4-2-1-3-5-6/h2-10,14,18H,11-13H2,1H3;1-9,16H,10-12H2;2-10H,1H3;1-5,9H,6-7H2;1-4,10H;1-5H,7H2/t14-,18+;16-;;9-;;/m01.1../s1. The van der Waals surface area contributed by atoms with Crippen LogP contribution in [0.2, 0.25) is 0 Å². The molecule has 6 amide bonds. The number of amides is 6. The van der Waals surface area contributed by atoms with Crippen molar-refractivity contribution in [1.82, 2.24) is 14.7 Å². The molecule has 12 rings (SSSR count). The number of phenols is 1. The number of carbonyl (C=O) groups excluding carboxylic acids is 8.